The Kier molecular flexibility index (Phi) is 4.68. The number of halogens is 3. The maximum Gasteiger partial charge on any atom is 0.471 e. The molecular formula is C7H8F3NO3. The molecule has 14 heavy (non-hydrogen) atoms. The van der Waals surface area contributed by atoms with Crippen molar-refractivity contribution in [1.29, 1.82) is 0 Å². The molecule has 0 aliphatic rings. The largest absolute Gasteiger partial charge is 0.478 e. The molecular weight excluding hydrogens is 203 g/mol. The van der Waals surface area contributed by atoms with Crippen molar-refractivity contribution in [3.63, 3.8) is 0 Å². The van der Waals surface area contributed by atoms with Crippen molar-refractivity contribution in [1.82, 2.24) is 5.32 Å². The van der Waals surface area contributed by atoms with E-state index in [0.717, 1.165) is 12.2 Å². The maximum absolute atomic E-state index is 11.6. The Balaban J connectivity index is 3.66. The molecule has 0 radical (unpaired) electrons. The van der Waals surface area contributed by atoms with Crippen LogP contribution in [0.3, 0.4) is 0 Å². The summed E-state index contributed by atoms with van der Waals surface area (Å²) in [5.41, 5.74) is 0. The lowest BCUT2D eigenvalue weighted by atomic mass is 10.3. The number of alkyl halides is 3. The molecule has 0 aromatic carbocycles. The highest BCUT2D eigenvalue weighted by atomic mass is 19.4. The van der Waals surface area contributed by atoms with Crippen LogP contribution in [0.25, 0.3) is 0 Å². The first-order valence-electron chi connectivity index (χ1n) is 3.58. The van der Waals surface area contributed by atoms with Crippen LogP contribution in [0.5, 0.6) is 0 Å². The lowest BCUT2D eigenvalue weighted by Gasteiger charge is -2.05. The topological polar surface area (TPSA) is 66.4 Å². The van der Waals surface area contributed by atoms with E-state index in [1.165, 1.54) is 0 Å². The minimum atomic E-state index is -4.89. The van der Waals surface area contributed by atoms with Crippen LogP contribution in [0.4, 0.5) is 13.2 Å². The summed E-state index contributed by atoms with van der Waals surface area (Å²) in [6.07, 6.45) is -2.91. The Morgan fingerprint density at radius 1 is 1.36 bits per heavy atom. The molecule has 0 aromatic heterocycles. The zero-order valence-electron chi connectivity index (χ0n) is 6.97. The predicted molar refractivity (Wildman–Crippen MR) is 40.5 cm³/mol. The number of carboxylic acid groups (broad SMARTS) is 1. The number of hydrogen-bond acceptors (Lipinski definition) is 2. The molecule has 0 aliphatic carbocycles. The Labute approximate surface area is 77.4 Å². The highest BCUT2D eigenvalue weighted by Crippen LogP contribution is 2.13. The summed E-state index contributed by atoms with van der Waals surface area (Å²) in [6, 6.07) is 0. The fraction of sp³-hybridized carbons (Fsp3) is 0.429. The van der Waals surface area contributed by atoms with Gasteiger partial charge in [-0.15, -0.1) is 0 Å². The van der Waals surface area contributed by atoms with Gasteiger partial charge in [0.25, 0.3) is 0 Å². The van der Waals surface area contributed by atoms with E-state index in [9.17, 15) is 22.8 Å². The molecule has 2 N–H and O–H groups in total. The predicted octanol–water partition coefficient (Wildman–Crippen LogP) is 0.696. The summed E-state index contributed by atoms with van der Waals surface area (Å²) in [5, 5.41) is 9.69. The Morgan fingerprint density at radius 2 is 1.93 bits per heavy atom. The van der Waals surface area contributed by atoms with Crippen molar-refractivity contribution in [3.8, 4) is 0 Å². The monoisotopic (exact) mass is 211 g/mol. The number of rotatable bonds is 4. The highest BCUT2D eigenvalue weighted by Gasteiger charge is 2.37. The van der Waals surface area contributed by atoms with E-state index in [1.54, 1.807) is 5.32 Å². The molecule has 0 rings (SSSR count). The first kappa shape index (κ1) is 12.5. The van der Waals surface area contributed by atoms with Gasteiger partial charge in [0.1, 0.15) is 0 Å². The number of carbonyl (C=O) groups excluding carboxylic acids is 1. The second-order valence-corrected chi connectivity index (χ2v) is 2.28. The van der Waals surface area contributed by atoms with Gasteiger partial charge in [-0.2, -0.15) is 13.2 Å². The van der Waals surface area contributed by atoms with E-state index in [4.69, 9.17) is 5.11 Å². The Hall–Kier alpha value is -1.53. The molecule has 0 spiro atoms. The quantitative estimate of drug-likeness (QED) is 0.531. The normalized spacial score (nSPS) is 11.6. The van der Waals surface area contributed by atoms with E-state index in [-0.39, 0.29) is 13.0 Å². The lowest BCUT2D eigenvalue weighted by Crippen LogP contribution is -2.37. The molecule has 0 saturated carbocycles. The number of carbonyl (C=O) groups is 2. The first-order chi connectivity index (χ1) is 6.34. The third-order valence-corrected chi connectivity index (χ3v) is 1.11. The zero-order chi connectivity index (χ0) is 11.2. The number of hydrogen-bond donors (Lipinski definition) is 2. The summed E-state index contributed by atoms with van der Waals surface area (Å²) in [7, 11) is 0. The van der Waals surface area contributed by atoms with Crippen molar-refractivity contribution < 1.29 is 27.9 Å². The molecule has 80 valence electrons. The van der Waals surface area contributed by atoms with Gasteiger partial charge >= 0.3 is 18.1 Å². The minimum absolute atomic E-state index is 0.0358. The summed E-state index contributed by atoms with van der Waals surface area (Å²) in [6.45, 7) is -0.248. The van der Waals surface area contributed by atoms with E-state index >= 15 is 0 Å². The van der Waals surface area contributed by atoms with Crippen molar-refractivity contribution in [3.05, 3.63) is 12.2 Å². The molecule has 0 heterocycles. The molecule has 4 nitrogen and oxygen atoms in total. The smallest absolute Gasteiger partial charge is 0.471 e. The van der Waals surface area contributed by atoms with Gasteiger partial charge in [0, 0.05) is 12.6 Å². The van der Waals surface area contributed by atoms with Crippen molar-refractivity contribution in [2.75, 3.05) is 6.54 Å². The van der Waals surface area contributed by atoms with Crippen molar-refractivity contribution in [2.24, 2.45) is 0 Å². The fourth-order valence-corrected chi connectivity index (χ4v) is 0.553. The molecule has 0 aromatic rings. The highest BCUT2D eigenvalue weighted by molar-refractivity contribution is 5.81. The van der Waals surface area contributed by atoms with Crippen LogP contribution < -0.4 is 5.32 Å². The van der Waals surface area contributed by atoms with Gasteiger partial charge in [-0.25, -0.2) is 4.79 Å². The van der Waals surface area contributed by atoms with Crippen LogP contribution in [-0.2, 0) is 9.59 Å². The second kappa shape index (κ2) is 5.25. The average molecular weight is 211 g/mol. The average Bonchev–Trinajstić information content (AvgIpc) is 2.01. The summed E-state index contributed by atoms with van der Waals surface area (Å²) < 4.78 is 34.7. The zero-order valence-corrected chi connectivity index (χ0v) is 6.97. The number of carboxylic acids is 1. The van der Waals surface area contributed by atoms with Gasteiger partial charge in [0.15, 0.2) is 0 Å². The number of nitrogens with one attached hydrogen (secondary N) is 1. The van der Waals surface area contributed by atoms with E-state index in [2.05, 4.69) is 0 Å². The molecule has 0 fully saturated rings. The second-order valence-electron chi connectivity index (χ2n) is 2.28. The fourth-order valence-electron chi connectivity index (χ4n) is 0.553. The van der Waals surface area contributed by atoms with Crippen molar-refractivity contribution >= 4 is 11.9 Å². The third-order valence-electron chi connectivity index (χ3n) is 1.11. The SMILES string of the molecule is O=C(O)/C=C/CCNC(=O)C(F)(F)F. The standard InChI is InChI=1S/C7H8F3NO3/c8-7(9,10)6(14)11-4-2-1-3-5(12)13/h1,3H,2,4H2,(H,11,14)(H,12,13)/b3-1+. The van der Waals surface area contributed by atoms with Gasteiger partial charge in [0.05, 0.1) is 0 Å². The van der Waals surface area contributed by atoms with Gasteiger partial charge in [-0.3, -0.25) is 4.79 Å². The molecule has 7 heteroatoms. The van der Waals surface area contributed by atoms with Gasteiger partial charge in [0.2, 0.25) is 0 Å². The summed E-state index contributed by atoms with van der Waals surface area (Å²) in [5.74, 6) is -3.21. The number of amides is 1. The summed E-state index contributed by atoms with van der Waals surface area (Å²) in [4.78, 5) is 20.1. The van der Waals surface area contributed by atoms with E-state index < -0.39 is 18.1 Å². The Morgan fingerprint density at radius 3 is 2.36 bits per heavy atom. The van der Waals surface area contributed by atoms with Gasteiger partial charge in [-0.1, -0.05) is 6.08 Å². The molecule has 0 aliphatic heterocycles. The third kappa shape index (κ3) is 6.04. The molecule has 0 atom stereocenters. The first-order valence-corrected chi connectivity index (χ1v) is 3.58. The van der Waals surface area contributed by atoms with E-state index in [1.807, 2.05) is 0 Å². The number of aliphatic carboxylic acids is 1. The minimum Gasteiger partial charge on any atom is -0.478 e. The summed E-state index contributed by atoms with van der Waals surface area (Å²) >= 11 is 0. The van der Waals surface area contributed by atoms with Crippen LogP contribution in [0.2, 0.25) is 0 Å². The van der Waals surface area contributed by atoms with Crippen LogP contribution in [0.15, 0.2) is 12.2 Å². The maximum atomic E-state index is 11.6. The molecule has 0 unspecified atom stereocenters. The van der Waals surface area contributed by atoms with E-state index in [0.29, 0.717) is 0 Å². The van der Waals surface area contributed by atoms with Gasteiger partial charge in [-0.05, 0) is 6.42 Å². The molecule has 1 amide bonds. The molecule has 0 saturated heterocycles. The van der Waals surface area contributed by atoms with Crippen LogP contribution >= 0.6 is 0 Å². The van der Waals surface area contributed by atoms with Crippen LogP contribution in [0, 0.1) is 0 Å². The molecule has 0 bridgehead atoms. The van der Waals surface area contributed by atoms with Crippen molar-refractivity contribution in [2.45, 2.75) is 12.6 Å². The van der Waals surface area contributed by atoms with Crippen LogP contribution in [0.1, 0.15) is 6.42 Å². The lowest BCUT2D eigenvalue weighted by molar-refractivity contribution is -0.173. The van der Waals surface area contributed by atoms with Gasteiger partial charge < -0.3 is 10.4 Å². The Bertz CT molecular complexity index is 247. The van der Waals surface area contributed by atoms with Crippen LogP contribution in [-0.4, -0.2) is 29.7 Å².